The lowest BCUT2D eigenvalue weighted by Crippen LogP contribution is -2.43. The van der Waals surface area contributed by atoms with Gasteiger partial charge in [-0.25, -0.2) is 15.0 Å². The van der Waals surface area contributed by atoms with E-state index in [2.05, 4.69) is 21.6 Å². The van der Waals surface area contributed by atoms with Crippen molar-refractivity contribution in [1.29, 1.82) is 5.26 Å². The molecule has 8 nitrogen and oxygen atoms in total. The van der Waals surface area contributed by atoms with Gasteiger partial charge in [-0.3, -0.25) is 0 Å². The standard InChI is InChI=1S/C26H25ClF2N6O2/c1-16(2)26(28,29)23-22(37-21-9-18(11-30)8-20(27)10-21)14-34(15-32-23)13-19-12-31-25(33-24(19)36)35-7-5-4-6-17(35)3/h4-10,12,15,17,19,24,36H,1,13-14H2,2-3H3. The van der Waals surface area contributed by atoms with Gasteiger partial charge in [-0.15, -0.1) is 0 Å². The highest BCUT2D eigenvalue weighted by molar-refractivity contribution is 6.30. The summed E-state index contributed by atoms with van der Waals surface area (Å²) in [5.74, 6) is -3.60. The van der Waals surface area contributed by atoms with E-state index in [-0.39, 0.29) is 41.2 Å². The molecule has 3 atom stereocenters. The molecule has 11 heteroatoms. The average Bonchev–Trinajstić information content (AvgIpc) is 2.85. The Hall–Kier alpha value is -3.81. The molecule has 0 bridgehead atoms. The van der Waals surface area contributed by atoms with Crippen molar-refractivity contribution in [2.45, 2.75) is 32.0 Å². The number of nitriles is 1. The van der Waals surface area contributed by atoms with Gasteiger partial charge in [0.2, 0.25) is 5.96 Å². The van der Waals surface area contributed by atoms with Gasteiger partial charge in [0.1, 0.15) is 5.75 Å². The molecule has 0 spiro atoms. The molecule has 192 valence electrons. The Morgan fingerprint density at radius 1 is 1.32 bits per heavy atom. The van der Waals surface area contributed by atoms with Crippen molar-refractivity contribution in [3.63, 3.8) is 0 Å². The van der Waals surface area contributed by atoms with Crippen LogP contribution in [-0.2, 0) is 0 Å². The molecule has 0 saturated heterocycles. The van der Waals surface area contributed by atoms with E-state index in [0.717, 1.165) is 0 Å². The van der Waals surface area contributed by atoms with Crippen molar-refractivity contribution in [3.05, 3.63) is 76.8 Å². The number of hydrogen-bond acceptors (Lipinski definition) is 8. The summed E-state index contributed by atoms with van der Waals surface area (Å²) in [5, 5.41) is 20.1. The molecule has 3 aliphatic heterocycles. The van der Waals surface area contributed by atoms with E-state index in [4.69, 9.17) is 16.3 Å². The molecule has 0 saturated carbocycles. The van der Waals surface area contributed by atoms with E-state index in [9.17, 15) is 19.1 Å². The van der Waals surface area contributed by atoms with Crippen LogP contribution in [0.25, 0.3) is 0 Å². The predicted octanol–water partition coefficient (Wildman–Crippen LogP) is 4.51. The highest BCUT2D eigenvalue weighted by Crippen LogP contribution is 2.37. The number of hydrogen-bond donors (Lipinski definition) is 1. The summed E-state index contributed by atoms with van der Waals surface area (Å²) in [6, 6.07) is 6.25. The Balaban J connectivity index is 1.54. The number of ether oxygens (including phenoxy) is 1. The zero-order valence-corrected chi connectivity index (χ0v) is 21.0. The van der Waals surface area contributed by atoms with Crippen molar-refractivity contribution >= 4 is 30.1 Å². The molecular formula is C26H25ClF2N6O2. The SMILES string of the molecule is C=C(C)C(F)(F)C1=C(Oc2cc(Cl)cc(C#N)c2)CN(CC2C=NC(N3C=CC=CC3C)=NC2O)C=N1. The third-order valence-corrected chi connectivity index (χ3v) is 6.13. The molecule has 0 radical (unpaired) electrons. The summed E-state index contributed by atoms with van der Waals surface area (Å²) in [6.45, 7) is 6.68. The second-order valence-corrected chi connectivity index (χ2v) is 9.29. The van der Waals surface area contributed by atoms with Gasteiger partial charge in [0.15, 0.2) is 17.7 Å². The lowest BCUT2D eigenvalue weighted by molar-refractivity contribution is 0.0742. The minimum absolute atomic E-state index is 0.0326. The maximum absolute atomic E-state index is 15.0. The summed E-state index contributed by atoms with van der Waals surface area (Å²) in [7, 11) is 0. The summed E-state index contributed by atoms with van der Waals surface area (Å²) in [4.78, 5) is 16.2. The van der Waals surface area contributed by atoms with Crippen molar-refractivity contribution in [3.8, 4) is 11.8 Å². The minimum atomic E-state index is -3.45. The maximum atomic E-state index is 15.0. The number of aliphatic hydroxyl groups excluding tert-OH is 1. The Bertz CT molecular complexity index is 1310. The first kappa shape index (κ1) is 26.3. The van der Waals surface area contributed by atoms with Crippen molar-refractivity contribution in [2.24, 2.45) is 20.9 Å². The number of aliphatic imine (C=N–C) groups is 3. The number of benzene rings is 1. The van der Waals surface area contributed by atoms with Crippen LogP contribution >= 0.6 is 11.6 Å². The number of nitrogens with zero attached hydrogens (tertiary/aromatic N) is 6. The Morgan fingerprint density at radius 3 is 2.78 bits per heavy atom. The fourth-order valence-corrected chi connectivity index (χ4v) is 4.09. The van der Waals surface area contributed by atoms with Crippen molar-refractivity contribution < 1.29 is 18.6 Å². The van der Waals surface area contributed by atoms with Crippen LogP contribution in [0.5, 0.6) is 5.75 Å². The van der Waals surface area contributed by atoms with Gasteiger partial charge >= 0.3 is 5.92 Å². The summed E-state index contributed by atoms with van der Waals surface area (Å²) >= 11 is 6.06. The number of allylic oxidation sites excluding steroid dienone is 3. The minimum Gasteiger partial charge on any atom is -0.458 e. The third kappa shape index (κ3) is 5.79. The van der Waals surface area contributed by atoms with Crippen LogP contribution in [0.15, 0.2) is 81.2 Å². The van der Waals surface area contributed by atoms with E-state index in [1.807, 2.05) is 42.3 Å². The lowest BCUT2D eigenvalue weighted by Gasteiger charge is -2.33. The zero-order valence-electron chi connectivity index (χ0n) is 20.2. The quantitative estimate of drug-likeness (QED) is 0.550. The topological polar surface area (TPSA) is 96.8 Å². The van der Waals surface area contributed by atoms with Crippen molar-refractivity contribution in [1.82, 2.24) is 9.80 Å². The molecule has 0 aromatic heterocycles. The van der Waals surface area contributed by atoms with Gasteiger partial charge in [0.25, 0.3) is 0 Å². The molecule has 0 fully saturated rings. The Kier molecular flexibility index (Phi) is 7.57. The average molecular weight is 527 g/mol. The van der Waals surface area contributed by atoms with E-state index >= 15 is 0 Å². The van der Waals surface area contributed by atoms with Crippen LogP contribution in [-0.4, -0.2) is 64.7 Å². The number of alkyl halides is 2. The highest BCUT2D eigenvalue weighted by Gasteiger charge is 2.41. The normalized spacial score (nSPS) is 23.3. The smallest absolute Gasteiger partial charge is 0.313 e. The molecular weight excluding hydrogens is 502 g/mol. The molecule has 4 rings (SSSR count). The molecule has 0 amide bonds. The monoisotopic (exact) mass is 526 g/mol. The number of halogens is 3. The summed E-state index contributed by atoms with van der Waals surface area (Å²) < 4.78 is 35.7. The Morgan fingerprint density at radius 2 is 2.11 bits per heavy atom. The van der Waals surface area contributed by atoms with E-state index < -0.39 is 29.3 Å². The molecule has 3 aliphatic rings. The number of guanidine groups is 1. The second kappa shape index (κ2) is 10.7. The second-order valence-electron chi connectivity index (χ2n) is 8.85. The molecule has 37 heavy (non-hydrogen) atoms. The molecule has 3 unspecified atom stereocenters. The third-order valence-electron chi connectivity index (χ3n) is 5.91. The predicted molar refractivity (Wildman–Crippen MR) is 139 cm³/mol. The van der Waals surface area contributed by atoms with Crippen molar-refractivity contribution in [2.75, 3.05) is 13.1 Å². The first-order valence-corrected chi connectivity index (χ1v) is 11.8. The molecule has 3 heterocycles. The van der Waals surface area contributed by atoms with Crippen LogP contribution < -0.4 is 4.74 Å². The van der Waals surface area contributed by atoms with Gasteiger partial charge in [-0.1, -0.05) is 30.3 Å². The first-order chi connectivity index (χ1) is 17.6. The fourth-order valence-electron chi connectivity index (χ4n) is 3.87. The van der Waals surface area contributed by atoms with Crippen LogP contribution in [0.4, 0.5) is 8.78 Å². The lowest BCUT2D eigenvalue weighted by atomic mass is 10.1. The van der Waals surface area contributed by atoms with Crippen LogP contribution in [0.2, 0.25) is 5.02 Å². The Labute approximate surface area is 218 Å². The first-order valence-electron chi connectivity index (χ1n) is 11.5. The number of rotatable bonds is 6. The fraction of sp³-hybridized carbons (Fsp3) is 0.308. The van der Waals surface area contributed by atoms with Crippen LogP contribution in [0.1, 0.15) is 19.4 Å². The molecule has 1 N–H and O–H groups in total. The van der Waals surface area contributed by atoms with Gasteiger partial charge in [0.05, 0.1) is 36.5 Å². The van der Waals surface area contributed by atoms with E-state index in [1.54, 1.807) is 11.1 Å². The van der Waals surface area contributed by atoms with Gasteiger partial charge in [-0.2, -0.15) is 14.0 Å². The van der Waals surface area contributed by atoms with E-state index in [1.165, 1.54) is 31.5 Å². The maximum Gasteiger partial charge on any atom is 0.313 e. The van der Waals surface area contributed by atoms with E-state index in [0.29, 0.717) is 5.96 Å². The molecule has 1 aromatic rings. The molecule has 0 aliphatic carbocycles. The molecule has 1 aromatic carbocycles. The zero-order chi connectivity index (χ0) is 26.7. The summed E-state index contributed by atoms with van der Waals surface area (Å²) in [5.41, 5.74) is -0.770. The van der Waals surface area contributed by atoms with Gasteiger partial charge < -0.3 is 19.6 Å². The van der Waals surface area contributed by atoms with Gasteiger partial charge in [0, 0.05) is 24.0 Å². The largest absolute Gasteiger partial charge is 0.458 e. The summed E-state index contributed by atoms with van der Waals surface area (Å²) in [6.07, 6.45) is 9.36. The number of aliphatic hydroxyl groups is 1. The van der Waals surface area contributed by atoms with Crippen LogP contribution in [0.3, 0.4) is 0 Å². The highest BCUT2D eigenvalue weighted by atomic mass is 35.5. The van der Waals surface area contributed by atoms with Gasteiger partial charge in [-0.05, 0) is 43.7 Å². The van der Waals surface area contributed by atoms with Crippen LogP contribution in [0, 0.1) is 17.2 Å².